The van der Waals surface area contributed by atoms with Crippen LogP contribution in [0.2, 0.25) is 0 Å². The number of H-pyrrole nitrogens is 1. The standard InChI is InChI=1S/C21H16N4O3/c26-20(27)16-9-7-15(8-10-16)14-5-3-13(4-6-14)12-23-19-17-2-1-11-22-18(17)24-21(28)25-19/h1-11H,12H2,(H,26,27)(H2,22,23,24,25,28). The molecule has 138 valence electrons. The number of nitrogens with one attached hydrogen (secondary N) is 2. The second-order valence-corrected chi connectivity index (χ2v) is 6.22. The molecule has 0 radical (unpaired) electrons. The topological polar surface area (TPSA) is 108 Å². The highest BCUT2D eigenvalue weighted by atomic mass is 16.4. The van der Waals surface area contributed by atoms with Crippen LogP contribution in [0.1, 0.15) is 15.9 Å². The summed E-state index contributed by atoms with van der Waals surface area (Å²) in [6, 6.07) is 18.3. The molecule has 4 rings (SSSR count). The first-order chi connectivity index (χ1) is 13.6. The minimum atomic E-state index is -0.941. The minimum Gasteiger partial charge on any atom is -0.478 e. The number of aromatic amines is 1. The van der Waals surface area contributed by atoms with Gasteiger partial charge in [0.15, 0.2) is 0 Å². The zero-order chi connectivity index (χ0) is 19.5. The zero-order valence-corrected chi connectivity index (χ0v) is 14.7. The lowest BCUT2D eigenvalue weighted by atomic mass is 10.0. The third-order valence-corrected chi connectivity index (χ3v) is 4.38. The van der Waals surface area contributed by atoms with Gasteiger partial charge in [0.05, 0.1) is 10.9 Å². The molecule has 7 nitrogen and oxygen atoms in total. The van der Waals surface area contributed by atoms with E-state index in [0.29, 0.717) is 18.0 Å². The molecular weight excluding hydrogens is 356 g/mol. The summed E-state index contributed by atoms with van der Waals surface area (Å²) in [6.07, 6.45) is 1.61. The summed E-state index contributed by atoms with van der Waals surface area (Å²) < 4.78 is 0. The molecule has 0 spiro atoms. The van der Waals surface area contributed by atoms with E-state index in [1.54, 1.807) is 36.5 Å². The van der Waals surface area contributed by atoms with Gasteiger partial charge in [0.2, 0.25) is 0 Å². The van der Waals surface area contributed by atoms with Crippen LogP contribution in [0.4, 0.5) is 5.82 Å². The normalized spacial score (nSPS) is 10.7. The number of rotatable bonds is 5. The van der Waals surface area contributed by atoms with Gasteiger partial charge in [-0.3, -0.25) is 4.98 Å². The second kappa shape index (κ2) is 7.32. The summed E-state index contributed by atoms with van der Waals surface area (Å²) >= 11 is 0. The number of anilines is 1. The maximum Gasteiger partial charge on any atom is 0.348 e. The average Bonchev–Trinajstić information content (AvgIpc) is 2.72. The van der Waals surface area contributed by atoms with Crippen LogP contribution in [-0.4, -0.2) is 26.0 Å². The molecule has 0 unspecified atom stereocenters. The molecule has 0 aliphatic rings. The van der Waals surface area contributed by atoms with Crippen molar-refractivity contribution in [3.63, 3.8) is 0 Å². The molecule has 0 amide bonds. The van der Waals surface area contributed by atoms with Crippen LogP contribution in [0.25, 0.3) is 22.2 Å². The summed E-state index contributed by atoms with van der Waals surface area (Å²) in [6.45, 7) is 0.499. The quantitative estimate of drug-likeness (QED) is 0.496. The fraction of sp³-hybridized carbons (Fsp3) is 0.0476. The van der Waals surface area contributed by atoms with Gasteiger partial charge in [-0.05, 0) is 41.0 Å². The van der Waals surface area contributed by atoms with Gasteiger partial charge in [0.1, 0.15) is 11.5 Å². The molecule has 0 bridgehead atoms. The highest BCUT2D eigenvalue weighted by Crippen LogP contribution is 2.21. The number of benzene rings is 2. The Kier molecular flexibility index (Phi) is 4.55. The van der Waals surface area contributed by atoms with E-state index in [2.05, 4.69) is 20.3 Å². The van der Waals surface area contributed by atoms with Crippen LogP contribution in [-0.2, 0) is 6.54 Å². The highest BCUT2D eigenvalue weighted by molar-refractivity contribution is 5.88. The van der Waals surface area contributed by atoms with E-state index in [4.69, 9.17) is 5.11 Å². The maximum absolute atomic E-state index is 11.7. The molecule has 7 heteroatoms. The van der Waals surface area contributed by atoms with E-state index in [0.717, 1.165) is 22.1 Å². The first kappa shape index (κ1) is 17.4. The Morgan fingerprint density at radius 2 is 1.68 bits per heavy atom. The lowest BCUT2D eigenvalue weighted by Gasteiger charge is -2.09. The maximum atomic E-state index is 11.7. The molecule has 28 heavy (non-hydrogen) atoms. The number of carboxylic acids is 1. The molecular formula is C21H16N4O3. The molecule has 2 aromatic heterocycles. The Balaban J connectivity index is 1.51. The van der Waals surface area contributed by atoms with Crippen molar-refractivity contribution < 1.29 is 9.90 Å². The molecule has 2 heterocycles. The van der Waals surface area contributed by atoms with Crippen molar-refractivity contribution in [2.24, 2.45) is 0 Å². The molecule has 0 aliphatic heterocycles. The molecule has 3 N–H and O–H groups in total. The van der Waals surface area contributed by atoms with Gasteiger partial charge in [-0.2, -0.15) is 4.98 Å². The summed E-state index contributed by atoms with van der Waals surface area (Å²) in [7, 11) is 0. The Morgan fingerprint density at radius 3 is 2.36 bits per heavy atom. The summed E-state index contributed by atoms with van der Waals surface area (Å²) in [5.74, 6) is -0.454. The fourth-order valence-electron chi connectivity index (χ4n) is 2.93. The van der Waals surface area contributed by atoms with E-state index < -0.39 is 11.7 Å². The predicted octanol–water partition coefficient (Wildman–Crippen LogP) is 3.30. The number of aromatic nitrogens is 3. The van der Waals surface area contributed by atoms with Crippen LogP contribution < -0.4 is 11.0 Å². The highest BCUT2D eigenvalue weighted by Gasteiger charge is 2.06. The molecule has 0 aliphatic carbocycles. The summed E-state index contributed by atoms with van der Waals surface area (Å²) in [4.78, 5) is 33.4. The second-order valence-electron chi connectivity index (χ2n) is 6.22. The Bertz CT molecular complexity index is 1200. The van der Waals surface area contributed by atoms with Crippen LogP contribution in [0.3, 0.4) is 0 Å². The number of nitrogens with zero attached hydrogens (tertiary/aromatic N) is 2. The summed E-state index contributed by atoms with van der Waals surface area (Å²) in [5, 5.41) is 12.9. The Hall–Kier alpha value is -4.00. The van der Waals surface area contributed by atoms with E-state index in [1.165, 1.54) is 0 Å². The van der Waals surface area contributed by atoms with Crippen LogP contribution in [0.5, 0.6) is 0 Å². The van der Waals surface area contributed by atoms with Crippen molar-refractivity contribution in [3.05, 3.63) is 88.5 Å². The lowest BCUT2D eigenvalue weighted by Crippen LogP contribution is -2.14. The van der Waals surface area contributed by atoms with Gasteiger partial charge in [-0.1, -0.05) is 36.4 Å². The minimum absolute atomic E-state index is 0.261. The lowest BCUT2D eigenvalue weighted by molar-refractivity contribution is 0.0697. The third-order valence-electron chi connectivity index (χ3n) is 4.38. The number of carbonyl (C=O) groups is 1. The van der Waals surface area contributed by atoms with Crippen LogP contribution >= 0.6 is 0 Å². The van der Waals surface area contributed by atoms with Gasteiger partial charge in [0, 0.05) is 12.7 Å². The number of hydrogen-bond acceptors (Lipinski definition) is 5. The van der Waals surface area contributed by atoms with Gasteiger partial charge in [0.25, 0.3) is 0 Å². The number of fused-ring (bicyclic) bond motifs is 1. The fourth-order valence-corrected chi connectivity index (χ4v) is 2.93. The van der Waals surface area contributed by atoms with Gasteiger partial charge < -0.3 is 10.4 Å². The number of pyridine rings is 1. The van der Waals surface area contributed by atoms with Crippen molar-refractivity contribution in [1.29, 1.82) is 0 Å². The van der Waals surface area contributed by atoms with Crippen molar-refractivity contribution in [3.8, 4) is 11.1 Å². The van der Waals surface area contributed by atoms with Crippen LogP contribution in [0, 0.1) is 0 Å². The first-order valence-electron chi connectivity index (χ1n) is 8.62. The molecule has 0 atom stereocenters. The van der Waals surface area contributed by atoms with Crippen molar-refractivity contribution in [1.82, 2.24) is 15.0 Å². The zero-order valence-electron chi connectivity index (χ0n) is 14.7. The number of hydrogen-bond donors (Lipinski definition) is 3. The number of aromatic carboxylic acids is 1. The van der Waals surface area contributed by atoms with E-state index in [9.17, 15) is 9.59 Å². The monoisotopic (exact) mass is 372 g/mol. The predicted molar refractivity (Wildman–Crippen MR) is 106 cm³/mol. The Morgan fingerprint density at radius 1 is 1.00 bits per heavy atom. The van der Waals surface area contributed by atoms with Gasteiger partial charge >= 0.3 is 11.7 Å². The first-order valence-corrected chi connectivity index (χ1v) is 8.62. The molecule has 2 aromatic carbocycles. The van der Waals surface area contributed by atoms with E-state index in [-0.39, 0.29) is 5.56 Å². The average molecular weight is 372 g/mol. The van der Waals surface area contributed by atoms with Crippen molar-refractivity contribution in [2.45, 2.75) is 6.54 Å². The molecule has 0 saturated heterocycles. The third kappa shape index (κ3) is 3.59. The Labute approximate surface area is 159 Å². The van der Waals surface area contributed by atoms with Crippen molar-refractivity contribution >= 4 is 22.8 Å². The number of carboxylic acid groups (broad SMARTS) is 1. The van der Waals surface area contributed by atoms with E-state index >= 15 is 0 Å². The van der Waals surface area contributed by atoms with Crippen molar-refractivity contribution in [2.75, 3.05) is 5.32 Å². The van der Waals surface area contributed by atoms with Gasteiger partial charge in [-0.15, -0.1) is 0 Å². The SMILES string of the molecule is O=C(O)c1ccc(-c2ccc(CNc3nc(=O)[nH]c4ncccc34)cc2)cc1. The van der Waals surface area contributed by atoms with Gasteiger partial charge in [-0.25, -0.2) is 14.6 Å². The van der Waals surface area contributed by atoms with E-state index in [1.807, 2.05) is 30.3 Å². The molecule has 0 saturated carbocycles. The molecule has 4 aromatic rings. The molecule has 0 fully saturated rings. The summed E-state index contributed by atoms with van der Waals surface area (Å²) in [5.41, 5.74) is 3.25. The van der Waals surface area contributed by atoms with Crippen LogP contribution in [0.15, 0.2) is 71.7 Å². The largest absolute Gasteiger partial charge is 0.478 e. The smallest absolute Gasteiger partial charge is 0.348 e.